The summed E-state index contributed by atoms with van der Waals surface area (Å²) in [5, 5.41) is 7.41. The van der Waals surface area contributed by atoms with E-state index in [1.54, 1.807) is 0 Å². The third kappa shape index (κ3) is 3.51. The number of nitrogens with one attached hydrogen (secondary N) is 1. The molecule has 0 bridgehead atoms. The topological polar surface area (TPSA) is 24.4 Å². The number of thioether (sulfide) groups is 1. The van der Waals surface area contributed by atoms with Gasteiger partial charge in [-0.05, 0) is 24.8 Å². The van der Waals surface area contributed by atoms with Crippen molar-refractivity contribution in [2.45, 2.75) is 50.8 Å². The van der Waals surface area contributed by atoms with Crippen molar-refractivity contribution >= 4 is 28.3 Å². The number of rotatable bonds is 3. The van der Waals surface area contributed by atoms with Gasteiger partial charge in [-0.3, -0.25) is 4.99 Å². The standard InChI is InChI=1S/C14H22N2S2/c1-10-8-11(2)18-13(16-10)15-9-14(3,4)12-6-5-7-17-12/h5-7,10-11H,8-9H2,1-4H3,(H,15,16). The van der Waals surface area contributed by atoms with Crippen molar-refractivity contribution in [3.8, 4) is 0 Å². The van der Waals surface area contributed by atoms with E-state index in [0.717, 1.165) is 11.7 Å². The van der Waals surface area contributed by atoms with Gasteiger partial charge in [-0.15, -0.1) is 11.3 Å². The number of nitrogens with zero attached hydrogens (tertiary/aromatic N) is 1. The van der Waals surface area contributed by atoms with Crippen LogP contribution in [0.25, 0.3) is 0 Å². The molecular formula is C14H22N2S2. The molecule has 1 aromatic rings. The molecule has 2 rings (SSSR count). The number of thiophene rings is 1. The molecule has 2 nitrogen and oxygen atoms in total. The highest BCUT2D eigenvalue weighted by molar-refractivity contribution is 8.14. The summed E-state index contributed by atoms with van der Waals surface area (Å²) in [5.41, 5.74) is 0.132. The largest absolute Gasteiger partial charge is 0.362 e. The first-order chi connectivity index (χ1) is 8.47. The van der Waals surface area contributed by atoms with Gasteiger partial charge in [0, 0.05) is 21.6 Å². The molecule has 18 heavy (non-hydrogen) atoms. The second-order valence-electron chi connectivity index (χ2n) is 5.69. The third-order valence-corrected chi connectivity index (χ3v) is 5.48. The van der Waals surface area contributed by atoms with Crippen LogP contribution in [0.1, 0.15) is 39.0 Å². The SMILES string of the molecule is CC1CC(C)SC(=NCC(C)(C)c2cccs2)N1. The van der Waals surface area contributed by atoms with Crippen LogP contribution in [0, 0.1) is 0 Å². The van der Waals surface area contributed by atoms with Crippen molar-refractivity contribution in [1.82, 2.24) is 5.32 Å². The zero-order valence-electron chi connectivity index (χ0n) is 11.6. The minimum atomic E-state index is 0.132. The van der Waals surface area contributed by atoms with Crippen molar-refractivity contribution in [2.75, 3.05) is 6.54 Å². The van der Waals surface area contributed by atoms with Gasteiger partial charge in [0.1, 0.15) is 0 Å². The Balaban J connectivity index is 2.01. The van der Waals surface area contributed by atoms with Crippen LogP contribution < -0.4 is 5.32 Å². The normalized spacial score (nSPS) is 27.2. The lowest BCUT2D eigenvalue weighted by molar-refractivity contribution is 0.546. The first kappa shape index (κ1) is 13.9. The Morgan fingerprint density at radius 1 is 1.44 bits per heavy atom. The van der Waals surface area contributed by atoms with E-state index in [-0.39, 0.29) is 5.41 Å². The van der Waals surface area contributed by atoms with E-state index < -0.39 is 0 Å². The Morgan fingerprint density at radius 3 is 2.83 bits per heavy atom. The minimum Gasteiger partial charge on any atom is -0.362 e. The Hall–Kier alpha value is -0.480. The van der Waals surface area contributed by atoms with Crippen molar-refractivity contribution in [3.05, 3.63) is 22.4 Å². The summed E-state index contributed by atoms with van der Waals surface area (Å²) in [7, 11) is 0. The van der Waals surface area contributed by atoms with Crippen molar-refractivity contribution in [3.63, 3.8) is 0 Å². The fourth-order valence-electron chi connectivity index (χ4n) is 2.13. The van der Waals surface area contributed by atoms with Crippen LogP contribution in [0.15, 0.2) is 22.5 Å². The van der Waals surface area contributed by atoms with Gasteiger partial charge in [0.2, 0.25) is 0 Å². The molecule has 1 saturated heterocycles. The summed E-state index contributed by atoms with van der Waals surface area (Å²) in [5.74, 6) is 0. The lowest BCUT2D eigenvalue weighted by Crippen LogP contribution is -2.39. The Kier molecular flexibility index (Phi) is 4.38. The summed E-state index contributed by atoms with van der Waals surface area (Å²) in [6.07, 6.45) is 1.22. The zero-order chi connectivity index (χ0) is 13.2. The maximum Gasteiger partial charge on any atom is 0.157 e. The highest BCUT2D eigenvalue weighted by atomic mass is 32.2. The highest BCUT2D eigenvalue weighted by Gasteiger charge is 2.24. The molecule has 0 amide bonds. The molecule has 2 heterocycles. The summed E-state index contributed by atoms with van der Waals surface area (Å²) < 4.78 is 0. The zero-order valence-corrected chi connectivity index (χ0v) is 13.2. The summed E-state index contributed by atoms with van der Waals surface area (Å²) >= 11 is 3.69. The van der Waals surface area contributed by atoms with Gasteiger partial charge in [-0.25, -0.2) is 0 Å². The molecule has 2 unspecified atom stereocenters. The average Bonchev–Trinajstić information content (AvgIpc) is 2.79. The fraction of sp³-hybridized carbons (Fsp3) is 0.643. The fourth-order valence-corrected chi connectivity index (χ4v) is 4.15. The molecule has 1 aliphatic heterocycles. The van der Waals surface area contributed by atoms with Gasteiger partial charge in [-0.2, -0.15) is 0 Å². The summed E-state index contributed by atoms with van der Waals surface area (Å²) in [4.78, 5) is 6.20. The van der Waals surface area contributed by atoms with Crippen LogP contribution >= 0.6 is 23.1 Å². The maximum absolute atomic E-state index is 4.79. The quantitative estimate of drug-likeness (QED) is 0.909. The molecule has 0 aliphatic carbocycles. The minimum absolute atomic E-state index is 0.132. The van der Waals surface area contributed by atoms with Gasteiger partial charge in [0.05, 0.1) is 6.54 Å². The van der Waals surface area contributed by atoms with E-state index in [4.69, 9.17) is 4.99 Å². The predicted octanol–water partition coefficient (Wildman–Crippen LogP) is 3.89. The average molecular weight is 282 g/mol. The molecule has 4 heteroatoms. The molecule has 1 N–H and O–H groups in total. The van der Waals surface area contributed by atoms with Crippen LogP contribution in [-0.4, -0.2) is 23.0 Å². The van der Waals surface area contributed by atoms with Crippen molar-refractivity contribution in [2.24, 2.45) is 4.99 Å². The highest BCUT2D eigenvalue weighted by Crippen LogP contribution is 2.29. The second kappa shape index (κ2) is 5.66. The first-order valence-electron chi connectivity index (χ1n) is 6.49. The van der Waals surface area contributed by atoms with Crippen molar-refractivity contribution in [1.29, 1.82) is 0 Å². The summed E-state index contributed by atoms with van der Waals surface area (Å²) in [6, 6.07) is 4.87. The lowest BCUT2D eigenvalue weighted by atomic mass is 9.92. The molecule has 0 aromatic carbocycles. The summed E-state index contributed by atoms with van der Waals surface area (Å²) in [6.45, 7) is 9.90. The predicted molar refractivity (Wildman–Crippen MR) is 83.9 cm³/mol. The van der Waals surface area contributed by atoms with Gasteiger partial charge < -0.3 is 5.32 Å². The number of hydrogen-bond acceptors (Lipinski definition) is 3. The van der Waals surface area contributed by atoms with E-state index in [0.29, 0.717) is 11.3 Å². The first-order valence-corrected chi connectivity index (χ1v) is 8.25. The lowest BCUT2D eigenvalue weighted by Gasteiger charge is -2.28. The molecule has 2 atom stereocenters. The molecule has 1 aliphatic rings. The molecule has 1 fully saturated rings. The number of amidine groups is 1. The Morgan fingerprint density at radius 2 is 2.22 bits per heavy atom. The number of aliphatic imine (C=N–C) groups is 1. The van der Waals surface area contributed by atoms with Crippen LogP contribution in [0.4, 0.5) is 0 Å². The smallest absolute Gasteiger partial charge is 0.157 e. The van der Waals surface area contributed by atoms with Crippen molar-refractivity contribution < 1.29 is 0 Å². The Labute approximate surface area is 118 Å². The van der Waals surface area contributed by atoms with E-state index in [1.165, 1.54) is 11.3 Å². The van der Waals surface area contributed by atoms with Gasteiger partial charge >= 0.3 is 0 Å². The van der Waals surface area contributed by atoms with E-state index >= 15 is 0 Å². The second-order valence-corrected chi connectivity index (χ2v) is 8.07. The number of hydrogen-bond donors (Lipinski definition) is 1. The van der Waals surface area contributed by atoms with Crippen LogP contribution in [-0.2, 0) is 5.41 Å². The van der Waals surface area contributed by atoms with E-state index in [2.05, 4.69) is 50.5 Å². The Bertz CT molecular complexity index is 397. The monoisotopic (exact) mass is 282 g/mol. The van der Waals surface area contributed by atoms with Gasteiger partial charge in [0.25, 0.3) is 0 Å². The van der Waals surface area contributed by atoms with E-state index in [9.17, 15) is 0 Å². The van der Waals surface area contributed by atoms with Crippen LogP contribution in [0.2, 0.25) is 0 Å². The van der Waals surface area contributed by atoms with Gasteiger partial charge in [-0.1, -0.05) is 38.6 Å². The maximum atomic E-state index is 4.79. The molecule has 0 radical (unpaired) electrons. The molecule has 1 aromatic heterocycles. The molecule has 0 saturated carbocycles. The molecule has 0 spiro atoms. The van der Waals surface area contributed by atoms with Crippen LogP contribution in [0.3, 0.4) is 0 Å². The third-order valence-electron chi connectivity index (χ3n) is 3.17. The van der Waals surface area contributed by atoms with Crippen LogP contribution in [0.5, 0.6) is 0 Å². The van der Waals surface area contributed by atoms with Gasteiger partial charge in [0.15, 0.2) is 5.17 Å². The molecule has 100 valence electrons. The van der Waals surface area contributed by atoms with E-state index in [1.807, 2.05) is 23.1 Å². The molecular weight excluding hydrogens is 260 g/mol.